The summed E-state index contributed by atoms with van der Waals surface area (Å²) in [5.74, 6) is -0.989. The summed E-state index contributed by atoms with van der Waals surface area (Å²) in [4.78, 5) is 23.8. The molecule has 0 aliphatic carbocycles. The van der Waals surface area contributed by atoms with Gasteiger partial charge < -0.3 is 5.32 Å². The minimum absolute atomic E-state index is 0.0841. The highest BCUT2D eigenvalue weighted by Crippen LogP contribution is 2.20. The fourth-order valence-corrected chi connectivity index (χ4v) is 3.31. The van der Waals surface area contributed by atoms with E-state index in [-0.39, 0.29) is 17.1 Å². The molecule has 0 unspecified atom stereocenters. The molecule has 1 heterocycles. The fourth-order valence-electron chi connectivity index (χ4n) is 2.09. The lowest BCUT2D eigenvalue weighted by atomic mass is 10.3. The van der Waals surface area contributed by atoms with E-state index in [2.05, 4.69) is 21.2 Å². The number of amides is 1. The van der Waals surface area contributed by atoms with Crippen molar-refractivity contribution in [2.45, 2.75) is 6.54 Å². The van der Waals surface area contributed by atoms with Crippen LogP contribution in [-0.4, -0.2) is 10.5 Å². The van der Waals surface area contributed by atoms with Crippen LogP contribution in [0.15, 0.2) is 51.7 Å². The van der Waals surface area contributed by atoms with Crippen LogP contribution in [0.5, 0.6) is 0 Å². The molecule has 0 spiro atoms. The van der Waals surface area contributed by atoms with Crippen molar-refractivity contribution in [3.63, 3.8) is 0 Å². The number of hydrogen-bond acceptors (Lipinski definition) is 3. The van der Waals surface area contributed by atoms with Crippen LogP contribution in [0.3, 0.4) is 0 Å². The first kappa shape index (κ1) is 14.9. The van der Waals surface area contributed by atoms with Crippen molar-refractivity contribution in [2.24, 2.45) is 0 Å². The summed E-state index contributed by atoms with van der Waals surface area (Å²) in [7, 11) is 0. The lowest BCUT2D eigenvalue weighted by molar-refractivity contribution is -0.116. The second-order valence-corrected chi connectivity index (χ2v) is 6.50. The molecule has 0 aliphatic rings. The predicted molar refractivity (Wildman–Crippen MR) is 88.8 cm³/mol. The topological polar surface area (TPSA) is 51.1 Å². The number of aromatic nitrogens is 1. The summed E-state index contributed by atoms with van der Waals surface area (Å²) >= 11 is 4.23. The van der Waals surface area contributed by atoms with E-state index in [1.54, 1.807) is 18.2 Å². The Morgan fingerprint density at radius 2 is 2.05 bits per heavy atom. The molecular formula is C15H10BrFN2O2S. The number of nitrogens with one attached hydrogen (secondary N) is 1. The zero-order valence-corrected chi connectivity index (χ0v) is 13.6. The van der Waals surface area contributed by atoms with Crippen LogP contribution in [0.25, 0.3) is 10.2 Å². The average Bonchev–Trinajstić information content (AvgIpc) is 2.78. The number of nitrogens with zero attached hydrogens (tertiary/aromatic N) is 1. The highest BCUT2D eigenvalue weighted by Gasteiger charge is 2.12. The normalized spacial score (nSPS) is 10.8. The van der Waals surface area contributed by atoms with Gasteiger partial charge in [-0.3, -0.25) is 14.2 Å². The Morgan fingerprint density at radius 1 is 1.27 bits per heavy atom. The Labute approximate surface area is 137 Å². The minimum atomic E-state index is -0.537. The molecule has 22 heavy (non-hydrogen) atoms. The van der Waals surface area contributed by atoms with Gasteiger partial charge in [-0.2, -0.15) is 0 Å². The van der Waals surface area contributed by atoms with E-state index < -0.39 is 11.7 Å². The van der Waals surface area contributed by atoms with Crippen LogP contribution in [0, 0.1) is 5.82 Å². The van der Waals surface area contributed by atoms with E-state index >= 15 is 0 Å². The van der Waals surface area contributed by atoms with Gasteiger partial charge in [0, 0.05) is 4.47 Å². The molecule has 1 N–H and O–H groups in total. The Hall–Kier alpha value is -1.99. The number of rotatable bonds is 3. The van der Waals surface area contributed by atoms with E-state index in [0.717, 1.165) is 16.0 Å². The summed E-state index contributed by atoms with van der Waals surface area (Å²) in [6, 6.07) is 11.6. The number of anilines is 1. The highest BCUT2D eigenvalue weighted by atomic mass is 79.9. The van der Waals surface area contributed by atoms with E-state index in [0.29, 0.717) is 9.99 Å². The number of fused-ring (bicyclic) bond motifs is 1. The monoisotopic (exact) mass is 380 g/mol. The fraction of sp³-hybridized carbons (Fsp3) is 0.0667. The van der Waals surface area contributed by atoms with Crippen molar-refractivity contribution in [2.75, 3.05) is 5.32 Å². The summed E-state index contributed by atoms with van der Waals surface area (Å²) in [6.45, 7) is -0.154. The van der Waals surface area contributed by atoms with Gasteiger partial charge in [-0.1, -0.05) is 39.4 Å². The first-order valence-electron chi connectivity index (χ1n) is 6.38. The van der Waals surface area contributed by atoms with E-state index in [9.17, 15) is 14.0 Å². The maximum Gasteiger partial charge on any atom is 0.308 e. The number of para-hydroxylation sites is 1. The molecule has 0 atom stereocenters. The van der Waals surface area contributed by atoms with Crippen molar-refractivity contribution < 1.29 is 9.18 Å². The predicted octanol–water partition coefficient (Wildman–Crippen LogP) is 3.60. The van der Waals surface area contributed by atoms with E-state index in [4.69, 9.17) is 0 Å². The molecule has 112 valence electrons. The lowest BCUT2D eigenvalue weighted by Gasteiger charge is -2.07. The Kier molecular flexibility index (Phi) is 4.08. The van der Waals surface area contributed by atoms with Crippen LogP contribution in [0.1, 0.15) is 0 Å². The first-order valence-corrected chi connectivity index (χ1v) is 7.99. The molecule has 7 heteroatoms. The van der Waals surface area contributed by atoms with Crippen LogP contribution >= 0.6 is 27.3 Å². The molecule has 1 aromatic heterocycles. The standard InChI is InChI=1S/C15H10BrFN2O2S/c16-9-5-6-11(10(17)7-9)18-14(20)8-19-12-3-1-2-4-13(12)22-15(19)21/h1-7H,8H2,(H,18,20). The molecule has 2 aromatic carbocycles. The van der Waals surface area contributed by atoms with Gasteiger partial charge >= 0.3 is 4.87 Å². The smallest absolute Gasteiger partial charge is 0.308 e. The highest BCUT2D eigenvalue weighted by molar-refractivity contribution is 9.10. The summed E-state index contributed by atoms with van der Waals surface area (Å²) in [5.41, 5.74) is 0.782. The molecule has 0 fully saturated rings. The van der Waals surface area contributed by atoms with Crippen LogP contribution in [0.4, 0.5) is 10.1 Å². The van der Waals surface area contributed by atoms with E-state index in [1.807, 2.05) is 12.1 Å². The second-order valence-electron chi connectivity index (χ2n) is 4.59. The van der Waals surface area contributed by atoms with Crippen molar-refractivity contribution >= 4 is 49.1 Å². The van der Waals surface area contributed by atoms with Gasteiger partial charge in [0.2, 0.25) is 5.91 Å². The number of benzene rings is 2. The van der Waals surface area contributed by atoms with Gasteiger partial charge in [0.1, 0.15) is 12.4 Å². The molecule has 3 aromatic rings. The lowest BCUT2D eigenvalue weighted by Crippen LogP contribution is -2.24. The Bertz CT molecular complexity index is 919. The van der Waals surface area contributed by atoms with Crippen molar-refractivity contribution in [3.05, 3.63) is 62.4 Å². The number of thiazole rings is 1. The van der Waals surface area contributed by atoms with Gasteiger partial charge in [-0.25, -0.2) is 4.39 Å². The van der Waals surface area contributed by atoms with Gasteiger partial charge in [0.25, 0.3) is 0 Å². The summed E-state index contributed by atoms with van der Waals surface area (Å²) in [5, 5.41) is 2.48. The van der Waals surface area contributed by atoms with E-state index in [1.165, 1.54) is 16.7 Å². The largest absolute Gasteiger partial charge is 0.322 e. The third-order valence-electron chi connectivity index (χ3n) is 3.08. The minimum Gasteiger partial charge on any atom is -0.322 e. The van der Waals surface area contributed by atoms with Crippen LogP contribution < -0.4 is 10.2 Å². The quantitative estimate of drug-likeness (QED) is 0.754. The molecule has 1 amide bonds. The molecule has 0 bridgehead atoms. The van der Waals surface area contributed by atoms with Gasteiger partial charge in [-0.15, -0.1) is 0 Å². The average molecular weight is 381 g/mol. The Morgan fingerprint density at radius 3 is 2.82 bits per heavy atom. The summed E-state index contributed by atoms with van der Waals surface area (Å²) < 4.78 is 16.5. The maximum absolute atomic E-state index is 13.7. The molecular weight excluding hydrogens is 371 g/mol. The maximum atomic E-state index is 13.7. The van der Waals surface area contributed by atoms with Crippen molar-refractivity contribution in [1.29, 1.82) is 0 Å². The zero-order chi connectivity index (χ0) is 15.7. The van der Waals surface area contributed by atoms with Gasteiger partial charge in [0.05, 0.1) is 15.9 Å². The molecule has 0 radical (unpaired) electrons. The molecule has 0 saturated heterocycles. The molecule has 3 rings (SSSR count). The van der Waals surface area contributed by atoms with Crippen molar-refractivity contribution in [3.8, 4) is 0 Å². The molecule has 4 nitrogen and oxygen atoms in total. The zero-order valence-electron chi connectivity index (χ0n) is 11.2. The second kappa shape index (κ2) is 6.02. The summed E-state index contributed by atoms with van der Waals surface area (Å²) in [6.07, 6.45) is 0. The Balaban J connectivity index is 1.84. The van der Waals surface area contributed by atoms with Gasteiger partial charge in [0.15, 0.2) is 0 Å². The number of hydrogen-bond donors (Lipinski definition) is 1. The third-order valence-corrected chi connectivity index (χ3v) is 4.53. The van der Waals surface area contributed by atoms with Crippen molar-refractivity contribution in [1.82, 2.24) is 4.57 Å². The van der Waals surface area contributed by atoms with Crippen LogP contribution in [-0.2, 0) is 11.3 Å². The third kappa shape index (κ3) is 2.95. The molecule has 0 saturated carbocycles. The first-order chi connectivity index (χ1) is 10.5. The number of carbonyl (C=O) groups is 1. The number of halogens is 2. The van der Waals surface area contributed by atoms with Crippen LogP contribution in [0.2, 0.25) is 0 Å². The number of carbonyl (C=O) groups excluding carboxylic acids is 1. The van der Waals surface area contributed by atoms with Gasteiger partial charge in [-0.05, 0) is 30.3 Å². The SMILES string of the molecule is O=C(Cn1c(=O)sc2ccccc21)Nc1ccc(Br)cc1F. The molecule has 0 aliphatic heterocycles.